The zero-order chi connectivity index (χ0) is 8.48. The highest BCUT2D eigenvalue weighted by Gasteiger charge is 2.33. The fraction of sp³-hybridized carbons (Fsp3) is 0.667. The van der Waals surface area contributed by atoms with Crippen LogP contribution in [0.2, 0.25) is 0 Å². The van der Waals surface area contributed by atoms with E-state index in [0.717, 1.165) is 12.8 Å². The lowest BCUT2D eigenvalue weighted by molar-refractivity contribution is 0.178. The first-order chi connectivity index (χ1) is 5.08. The summed E-state index contributed by atoms with van der Waals surface area (Å²) in [5.74, 6) is 2.69. The first-order valence-electron chi connectivity index (χ1n) is 3.80. The maximum atomic E-state index is 5.27. The second-order valence-electron chi connectivity index (χ2n) is 3.41. The summed E-state index contributed by atoms with van der Waals surface area (Å²) in [6, 6.07) is 0. The summed E-state index contributed by atoms with van der Waals surface area (Å²) in [4.78, 5) is 0. The van der Waals surface area contributed by atoms with Crippen molar-refractivity contribution < 1.29 is 0 Å². The van der Waals surface area contributed by atoms with Gasteiger partial charge < -0.3 is 0 Å². The molecule has 0 bridgehead atoms. The maximum absolute atomic E-state index is 5.27. The van der Waals surface area contributed by atoms with Gasteiger partial charge in [0.15, 0.2) is 0 Å². The fourth-order valence-corrected chi connectivity index (χ4v) is 1.47. The molecule has 0 saturated heterocycles. The van der Waals surface area contributed by atoms with Crippen LogP contribution in [-0.2, 0) is 0 Å². The molecule has 1 unspecified atom stereocenters. The van der Waals surface area contributed by atoms with E-state index in [0.29, 0.717) is 0 Å². The van der Waals surface area contributed by atoms with E-state index < -0.39 is 0 Å². The summed E-state index contributed by atoms with van der Waals surface area (Å²) in [7, 11) is 1.98. The van der Waals surface area contributed by atoms with Crippen LogP contribution >= 0.6 is 0 Å². The number of hydrogen-bond acceptors (Lipinski definition) is 2. The SMILES string of the molecule is C#CCC1(C)CC(C)=NN1C. The molecule has 1 rings (SSSR count). The van der Waals surface area contributed by atoms with E-state index in [1.807, 2.05) is 19.0 Å². The Morgan fingerprint density at radius 2 is 2.45 bits per heavy atom. The van der Waals surface area contributed by atoms with Crippen molar-refractivity contribution in [2.75, 3.05) is 7.05 Å². The van der Waals surface area contributed by atoms with Crippen molar-refractivity contribution in [3.05, 3.63) is 0 Å². The van der Waals surface area contributed by atoms with E-state index in [-0.39, 0.29) is 5.54 Å². The van der Waals surface area contributed by atoms with Crippen LogP contribution in [0.15, 0.2) is 5.10 Å². The summed E-state index contributed by atoms with van der Waals surface area (Å²) >= 11 is 0. The smallest absolute Gasteiger partial charge is 0.0709 e. The van der Waals surface area contributed by atoms with E-state index in [1.165, 1.54) is 5.71 Å². The van der Waals surface area contributed by atoms with Gasteiger partial charge in [0.25, 0.3) is 0 Å². The quantitative estimate of drug-likeness (QED) is 0.517. The van der Waals surface area contributed by atoms with Gasteiger partial charge in [0.05, 0.1) is 5.54 Å². The van der Waals surface area contributed by atoms with Crippen LogP contribution in [0, 0.1) is 12.3 Å². The minimum absolute atomic E-state index is 0.0683. The second kappa shape index (κ2) is 2.58. The van der Waals surface area contributed by atoms with E-state index in [2.05, 4.69) is 17.9 Å². The highest BCUT2D eigenvalue weighted by atomic mass is 15.5. The molecule has 0 aromatic carbocycles. The highest BCUT2D eigenvalue weighted by Crippen LogP contribution is 2.28. The molecule has 0 N–H and O–H groups in total. The molecule has 11 heavy (non-hydrogen) atoms. The molecule has 1 aliphatic rings. The number of nitrogens with zero attached hydrogens (tertiary/aromatic N) is 2. The minimum atomic E-state index is 0.0683. The van der Waals surface area contributed by atoms with Gasteiger partial charge in [-0.2, -0.15) is 5.10 Å². The van der Waals surface area contributed by atoms with Gasteiger partial charge in [-0.3, -0.25) is 5.01 Å². The van der Waals surface area contributed by atoms with Crippen LogP contribution in [0.3, 0.4) is 0 Å². The van der Waals surface area contributed by atoms with Gasteiger partial charge in [-0.25, -0.2) is 0 Å². The average Bonchev–Trinajstić information content (AvgIpc) is 2.08. The molecule has 0 saturated carbocycles. The average molecular weight is 150 g/mol. The van der Waals surface area contributed by atoms with E-state index >= 15 is 0 Å². The van der Waals surface area contributed by atoms with Crippen LogP contribution in [0.25, 0.3) is 0 Å². The first kappa shape index (κ1) is 8.13. The van der Waals surface area contributed by atoms with Crippen LogP contribution in [0.4, 0.5) is 0 Å². The van der Waals surface area contributed by atoms with Crippen molar-refractivity contribution in [1.82, 2.24) is 5.01 Å². The van der Waals surface area contributed by atoms with E-state index in [4.69, 9.17) is 6.42 Å². The van der Waals surface area contributed by atoms with Crippen molar-refractivity contribution in [1.29, 1.82) is 0 Å². The van der Waals surface area contributed by atoms with Crippen molar-refractivity contribution in [3.8, 4) is 12.3 Å². The zero-order valence-corrected chi connectivity index (χ0v) is 7.39. The summed E-state index contributed by atoms with van der Waals surface area (Å²) in [6.07, 6.45) is 7.04. The van der Waals surface area contributed by atoms with Gasteiger partial charge >= 0.3 is 0 Å². The zero-order valence-electron chi connectivity index (χ0n) is 7.39. The number of terminal acetylenes is 1. The third-order valence-corrected chi connectivity index (χ3v) is 2.22. The highest BCUT2D eigenvalue weighted by molar-refractivity contribution is 5.84. The second-order valence-corrected chi connectivity index (χ2v) is 3.41. The predicted molar refractivity (Wildman–Crippen MR) is 47.3 cm³/mol. The van der Waals surface area contributed by atoms with Gasteiger partial charge in [-0.1, -0.05) is 0 Å². The van der Waals surface area contributed by atoms with Gasteiger partial charge in [-0.15, -0.1) is 12.3 Å². The monoisotopic (exact) mass is 150 g/mol. The Kier molecular flexibility index (Phi) is 1.90. The first-order valence-corrected chi connectivity index (χ1v) is 3.80. The van der Waals surface area contributed by atoms with Gasteiger partial charge in [-0.05, 0) is 13.8 Å². The Balaban J connectivity index is 2.71. The molecule has 0 aromatic rings. The van der Waals surface area contributed by atoms with Crippen molar-refractivity contribution in [2.45, 2.75) is 32.2 Å². The van der Waals surface area contributed by atoms with E-state index in [1.54, 1.807) is 0 Å². The molecule has 0 amide bonds. The van der Waals surface area contributed by atoms with Crippen LogP contribution in [0.5, 0.6) is 0 Å². The predicted octanol–water partition coefficient (Wildman–Crippen LogP) is 1.48. The van der Waals surface area contributed by atoms with E-state index in [9.17, 15) is 0 Å². The molecule has 2 nitrogen and oxygen atoms in total. The largest absolute Gasteiger partial charge is 0.293 e. The molecule has 0 spiro atoms. The molecule has 1 atom stereocenters. The van der Waals surface area contributed by atoms with Crippen LogP contribution in [-0.4, -0.2) is 23.3 Å². The minimum Gasteiger partial charge on any atom is -0.293 e. The summed E-state index contributed by atoms with van der Waals surface area (Å²) < 4.78 is 0. The van der Waals surface area contributed by atoms with Crippen molar-refractivity contribution in [2.24, 2.45) is 5.10 Å². The standard InChI is InChI=1S/C9H14N2/c1-5-6-9(3)7-8(2)10-11(9)4/h1H,6-7H2,2-4H3. The molecule has 0 radical (unpaired) electrons. The van der Waals surface area contributed by atoms with Gasteiger partial charge in [0, 0.05) is 25.6 Å². The Bertz CT molecular complexity index is 224. The summed E-state index contributed by atoms with van der Waals surface area (Å²) in [6.45, 7) is 4.19. The molecule has 1 aliphatic heterocycles. The third kappa shape index (κ3) is 1.37. The Morgan fingerprint density at radius 3 is 2.82 bits per heavy atom. The van der Waals surface area contributed by atoms with Crippen LogP contribution < -0.4 is 0 Å². The molecule has 60 valence electrons. The molecule has 2 heteroatoms. The molecular weight excluding hydrogens is 136 g/mol. The fourth-order valence-electron chi connectivity index (χ4n) is 1.47. The Labute approximate surface area is 68.3 Å². The molecule has 1 heterocycles. The number of hydrogen-bond donors (Lipinski definition) is 0. The normalized spacial score (nSPS) is 30.0. The number of hydrazone groups is 1. The molecule has 0 aliphatic carbocycles. The third-order valence-electron chi connectivity index (χ3n) is 2.22. The van der Waals surface area contributed by atoms with Gasteiger partial charge in [0.1, 0.15) is 0 Å². The Hall–Kier alpha value is -0.970. The van der Waals surface area contributed by atoms with Crippen molar-refractivity contribution >= 4 is 5.71 Å². The van der Waals surface area contributed by atoms with Gasteiger partial charge in [0.2, 0.25) is 0 Å². The summed E-state index contributed by atoms with van der Waals surface area (Å²) in [5.41, 5.74) is 1.24. The molecular formula is C9H14N2. The number of rotatable bonds is 1. The lowest BCUT2D eigenvalue weighted by atomic mass is 9.93. The topological polar surface area (TPSA) is 15.6 Å². The Morgan fingerprint density at radius 1 is 1.82 bits per heavy atom. The lowest BCUT2D eigenvalue weighted by Crippen LogP contribution is -2.36. The van der Waals surface area contributed by atoms with Crippen LogP contribution in [0.1, 0.15) is 26.7 Å². The molecule has 0 fully saturated rings. The molecule has 0 aromatic heterocycles. The summed E-state index contributed by atoms with van der Waals surface area (Å²) in [5, 5.41) is 6.29. The van der Waals surface area contributed by atoms with Crippen molar-refractivity contribution in [3.63, 3.8) is 0 Å². The maximum Gasteiger partial charge on any atom is 0.0709 e. The lowest BCUT2D eigenvalue weighted by Gasteiger charge is -2.29.